The number of imidazole rings is 1. The van der Waals surface area contributed by atoms with Gasteiger partial charge in [-0.1, -0.05) is 19.1 Å². The van der Waals surface area contributed by atoms with E-state index in [1.54, 1.807) is 0 Å². The van der Waals surface area contributed by atoms with E-state index in [2.05, 4.69) is 14.9 Å². The SMILES string of the molecule is CCC(=O)N1CCN(Cc2nc3ccccc3[nH]2)CC1. The van der Waals surface area contributed by atoms with Crippen LogP contribution in [0.1, 0.15) is 19.2 Å². The van der Waals surface area contributed by atoms with Crippen LogP contribution in [0.3, 0.4) is 0 Å². The molecule has 0 radical (unpaired) electrons. The minimum absolute atomic E-state index is 0.258. The number of nitrogens with one attached hydrogen (secondary N) is 1. The smallest absolute Gasteiger partial charge is 0.222 e. The number of piperazine rings is 1. The Labute approximate surface area is 118 Å². The van der Waals surface area contributed by atoms with Crippen molar-refractivity contribution in [3.63, 3.8) is 0 Å². The number of nitrogens with zero attached hydrogens (tertiary/aromatic N) is 3. The van der Waals surface area contributed by atoms with Gasteiger partial charge in [-0.15, -0.1) is 0 Å². The van der Waals surface area contributed by atoms with Crippen LogP contribution in [0.25, 0.3) is 11.0 Å². The number of carbonyl (C=O) groups is 1. The molecule has 0 atom stereocenters. The van der Waals surface area contributed by atoms with Gasteiger partial charge in [0.25, 0.3) is 0 Å². The summed E-state index contributed by atoms with van der Waals surface area (Å²) >= 11 is 0. The summed E-state index contributed by atoms with van der Waals surface area (Å²) in [5.41, 5.74) is 2.10. The van der Waals surface area contributed by atoms with E-state index in [4.69, 9.17) is 0 Å². The molecule has 1 fully saturated rings. The molecule has 0 aliphatic carbocycles. The summed E-state index contributed by atoms with van der Waals surface area (Å²) in [6.07, 6.45) is 0.601. The number of para-hydroxylation sites is 2. The van der Waals surface area contributed by atoms with Crippen molar-refractivity contribution >= 4 is 16.9 Å². The zero-order chi connectivity index (χ0) is 13.9. The second kappa shape index (κ2) is 5.63. The van der Waals surface area contributed by atoms with Gasteiger partial charge >= 0.3 is 0 Å². The predicted molar refractivity (Wildman–Crippen MR) is 78.2 cm³/mol. The summed E-state index contributed by atoms with van der Waals surface area (Å²) in [7, 11) is 0. The molecule has 1 saturated heterocycles. The number of H-pyrrole nitrogens is 1. The third-order valence-electron chi connectivity index (χ3n) is 3.84. The number of hydrogen-bond donors (Lipinski definition) is 1. The molecule has 1 aromatic carbocycles. The standard InChI is InChI=1S/C15H20N4O/c1-2-15(20)19-9-7-18(8-10-19)11-14-16-12-5-3-4-6-13(12)17-14/h3-6H,2,7-11H2,1H3,(H,16,17). The quantitative estimate of drug-likeness (QED) is 0.923. The molecule has 5 heteroatoms. The minimum atomic E-state index is 0.258. The summed E-state index contributed by atoms with van der Waals surface area (Å²) in [5, 5.41) is 0. The Kier molecular flexibility index (Phi) is 3.69. The molecule has 20 heavy (non-hydrogen) atoms. The second-order valence-electron chi connectivity index (χ2n) is 5.21. The van der Waals surface area contributed by atoms with Crippen LogP contribution < -0.4 is 0 Å². The van der Waals surface area contributed by atoms with Crippen LogP contribution in [-0.2, 0) is 11.3 Å². The molecule has 106 valence electrons. The Morgan fingerprint density at radius 2 is 2.00 bits per heavy atom. The number of aromatic amines is 1. The van der Waals surface area contributed by atoms with Crippen molar-refractivity contribution in [3.05, 3.63) is 30.1 Å². The summed E-state index contributed by atoms with van der Waals surface area (Å²) in [6.45, 7) is 6.23. The third-order valence-corrected chi connectivity index (χ3v) is 3.84. The Morgan fingerprint density at radius 1 is 1.25 bits per heavy atom. The molecule has 0 spiro atoms. The van der Waals surface area contributed by atoms with E-state index in [-0.39, 0.29) is 5.91 Å². The fourth-order valence-electron chi connectivity index (χ4n) is 2.67. The topological polar surface area (TPSA) is 52.2 Å². The lowest BCUT2D eigenvalue weighted by molar-refractivity contribution is -0.132. The molecular weight excluding hydrogens is 252 g/mol. The molecule has 1 N–H and O–H groups in total. The first-order valence-electron chi connectivity index (χ1n) is 7.20. The zero-order valence-electron chi connectivity index (χ0n) is 11.8. The Hall–Kier alpha value is -1.88. The Morgan fingerprint density at radius 3 is 2.70 bits per heavy atom. The van der Waals surface area contributed by atoms with Gasteiger partial charge in [-0.2, -0.15) is 0 Å². The highest BCUT2D eigenvalue weighted by Gasteiger charge is 2.20. The maximum Gasteiger partial charge on any atom is 0.222 e. The summed E-state index contributed by atoms with van der Waals surface area (Å²) in [5.74, 6) is 1.26. The number of rotatable bonds is 3. The lowest BCUT2D eigenvalue weighted by Crippen LogP contribution is -2.48. The second-order valence-corrected chi connectivity index (χ2v) is 5.21. The lowest BCUT2D eigenvalue weighted by atomic mass is 10.3. The van der Waals surface area contributed by atoms with Gasteiger partial charge in [0.1, 0.15) is 5.82 Å². The highest BCUT2D eigenvalue weighted by molar-refractivity contribution is 5.76. The van der Waals surface area contributed by atoms with Crippen molar-refractivity contribution in [1.82, 2.24) is 19.8 Å². The summed E-state index contributed by atoms with van der Waals surface area (Å²) in [6, 6.07) is 8.08. The molecule has 1 aliphatic heterocycles. The Bertz CT molecular complexity index is 566. The monoisotopic (exact) mass is 272 g/mol. The predicted octanol–water partition coefficient (Wildman–Crippen LogP) is 1.62. The minimum Gasteiger partial charge on any atom is -0.341 e. The average molecular weight is 272 g/mol. The number of carbonyl (C=O) groups excluding carboxylic acids is 1. The molecule has 0 unspecified atom stereocenters. The highest BCUT2D eigenvalue weighted by Crippen LogP contribution is 2.13. The number of aromatic nitrogens is 2. The van der Waals surface area contributed by atoms with Crippen LogP contribution in [0.5, 0.6) is 0 Å². The van der Waals surface area contributed by atoms with Gasteiger partial charge in [0, 0.05) is 32.6 Å². The van der Waals surface area contributed by atoms with Gasteiger partial charge in [-0.25, -0.2) is 4.98 Å². The van der Waals surface area contributed by atoms with Crippen LogP contribution >= 0.6 is 0 Å². The van der Waals surface area contributed by atoms with E-state index in [1.807, 2.05) is 36.1 Å². The molecule has 2 heterocycles. The van der Waals surface area contributed by atoms with Crippen molar-refractivity contribution in [1.29, 1.82) is 0 Å². The molecule has 3 rings (SSSR count). The zero-order valence-corrected chi connectivity index (χ0v) is 11.8. The van der Waals surface area contributed by atoms with Crippen LogP contribution in [0.2, 0.25) is 0 Å². The van der Waals surface area contributed by atoms with Crippen molar-refractivity contribution in [2.75, 3.05) is 26.2 Å². The van der Waals surface area contributed by atoms with Gasteiger partial charge < -0.3 is 9.88 Å². The van der Waals surface area contributed by atoms with Gasteiger partial charge in [0.15, 0.2) is 0 Å². The maximum atomic E-state index is 11.6. The average Bonchev–Trinajstić information content (AvgIpc) is 2.89. The maximum absolute atomic E-state index is 11.6. The molecule has 0 bridgehead atoms. The van der Waals surface area contributed by atoms with E-state index < -0.39 is 0 Å². The largest absolute Gasteiger partial charge is 0.341 e. The van der Waals surface area contributed by atoms with E-state index >= 15 is 0 Å². The van der Waals surface area contributed by atoms with Gasteiger partial charge in [-0.3, -0.25) is 9.69 Å². The first-order valence-corrected chi connectivity index (χ1v) is 7.20. The van der Waals surface area contributed by atoms with Gasteiger partial charge in [-0.05, 0) is 12.1 Å². The molecular formula is C15H20N4O. The molecule has 1 aromatic heterocycles. The summed E-state index contributed by atoms with van der Waals surface area (Å²) in [4.78, 5) is 23.9. The third kappa shape index (κ3) is 2.67. The summed E-state index contributed by atoms with van der Waals surface area (Å²) < 4.78 is 0. The van der Waals surface area contributed by atoms with Crippen molar-refractivity contribution in [2.24, 2.45) is 0 Å². The normalized spacial score (nSPS) is 16.8. The van der Waals surface area contributed by atoms with Gasteiger partial charge in [0.05, 0.1) is 17.6 Å². The number of amides is 1. The number of fused-ring (bicyclic) bond motifs is 1. The fourth-order valence-corrected chi connectivity index (χ4v) is 2.67. The van der Waals surface area contributed by atoms with Crippen LogP contribution in [0.4, 0.5) is 0 Å². The van der Waals surface area contributed by atoms with Crippen molar-refractivity contribution in [2.45, 2.75) is 19.9 Å². The van der Waals surface area contributed by atoms with Gasteiger partial charge in [0.2, 0.25) is 5.91 Å². The number of benzene rings is 1. The van der Waals surface area contributed by atoms with E-state index in [1.165, 1.54) is 0 Å². The Balaban J connectivity index is 1.60. The molecule has 5 nitrogen and oxygen atoms in total. The van der Waals surface area contributed by atoms with Crippen molar-refractivity contribution < 1.29 is 4.79 Å². The molecule has 2 aromatic rings. The molecule has 1 aliphatic rings. The number of hydrogen-bond acceptors (Lipinski definition) is 3. The molecule has 1 amide bonds. The van der Waals surface area contributed by atoms with E-state index in [9.17, 15) is 4.79 Å². The van der Waals surface area contributed by atoms with Crippen LogP contribution in [-0.4, -0.2) is 51.9 Å². The fraction of sp³-hybridized carbons (Fsp3) is 0.467. The van der Waals surface area contributed by atoms with Crippen molar-refractivity contribution in [3.8, 4) is 0 Å². The van der Waals surface area contributed by atoms with E-state index in [0.717, 1.165) is 49.6 Å². The highest BCUT2D eigenvalue weighted by atomic mass is 16.2. The van der Waals surface area contributed by atoms with Crippen LogP contribution in [0, 0.1) is 0 Å². The lowest BCUT2D eigenvalue weighted by Gasteiger charge is -2.34. The first-order chi connectivity index (χ1) is 9.76. The van der Waals surface area contributed by atoms with E-state index in [0.29, 0.717) is 6.42 Å². The first kappa shape index (κ1) is 13.1. The molecule has 0 saturated carbocycles. The van der Waals surface area contributed by atoms with Crippen LogP contribution in [0.15, 0.2) is 24.3 Å².